The molecule has 1 aromatic carbocycles. The molecule has 7 nitrogen and oxygen atoms in total. The van der Waals surface area contributed by atoms with E-state index >= 15 is 0 Å². The second-order valence-corrected chi connectivity index (χ2v) is 6.01. The van der Waals surface area contributed by atoms with E-state index in [1.54, 1.807) is 25.8 Å². The van der Waals surface area contributed by atoms with Crippen LogP contribution in [-0.2, 0) is 11.3 Å². The summed E-state index contributed by atoms with van der Waals surface area (Å²) in [6.45, 7) is 3.95. The summed E-state index contributed by atoms with van der Waals surface area (Å²) in [5, 5.41) is 13.5. The third kappa shape index (κ3) is 2.95. The Morgan fingerprint density at radius 3 is 2.74 bits per heavy atom. The molecular weight excluding hydrogens is 316 g/mol. The number of carboxylic acid groups (broad SMARTS) is 1. The second-order valence-electron chi connectivity index (χ2n) is 5.48. The van der Waals surface area contributed by atoms with Crippen LogP contribution in [0, 0.1) is 13.8 Å². The molecule has 1 N–H and O–H groups in total. The maximum absolute atomic E-state index is 11.8. The lowest BCUT2D eigenvalue weighted by Gasteiger charge is -2.24. The van der Waals surface area contributed by atoms with Gasteiger partial charge < -0.3 is 9.63 Å². The molecule has 0 aliphatic carbocycles. The van der Waals surface area contributed by atoms with Crippen molar-refractivity contribution in [3.63, 3.8) is 0 Å². The average molecular weight is 332 g/mol. The Hall–Kier alpha value is -2.32. The summed E-state index contributed by atoms with van der Waals surface area (Å²) in [5.74, 6) is -0.404. The largest absolute Gasteiger partial charge is 0.480 e. The molecule has 0 radical (unpaired) electrons. The minimum atomic E-state index is -0.932. The van der Waals surface area contributed by atoms with Crippen LogP contribution < -0.4 is 0 Å². The molecule has 3 rings (SSSR count). The highest BCUT2D eigenvalue weighted by Gasteiger charge is 2.30. The van der Waals surface area contributed by atoms with E-state index in [-0.39, 0.29) is 0 Å². The van der Waals surface area contributed by atoms with Gasteiger partial charge in [-0.05, 0) is 38.6 Å². The van der Waals surface area contributed by atoms with Gasteiger partial charge in [0.05, 0.1) is 17.4 Å². The number of rotatable bonds is 5. The first-order valence-corrected chi connectivity index (χ1v) is 7.77. The summed E-state index contributed by atoms with van der Waals surface area (Å²) in [4.78, 5) is 13.5. The zero-order valence-electron chi connectivity index (χ0n) is 13.0. The molecule has 0 saturated heterocycles. The van der Waals surface area contributed by atoms with Crippen molar-refractivity contribution >= 4 is 28.7 Å². The van der Waals surface area contributed by atoms with Crippen LogP contribution in [0.15, 0.2) is 22.7 Å². The molecule has 2 aromatic heterocycles. The number of aliphatic carboxylic acids is 1. The number of fused-ring (bicyclic) bond motifs is 1. The highest BCUT2D eigenvalue weighted by atomic mass is 32.1. The first-order valence-electron chi connectivity index (χ1n) is 7.04. The Balaban J connectivity index is 1.89. The summed E-state index contributed by atoms with van der Waals surface area (Å²) in [6, 6.07) is 4.95. The van der Waals surface area contributed by atoms with Crippen LogP contribution in [0.1, 0.15) is 28.6 Å². The number of likely N-dealkylation sites (N-methyl/N-ethyl adjacent to an activating group) is 1. The number of aryl methyl sites for hydroxylation is 2. The van der Waals surface area contributed by atoms with E-state index in [1.165, 1.54) is 11.7 Å². The molecule has 0 fully saturated rings. The van der Waals surface area contributed by atoms with Crippen molar-refractivity contribution in [3.05, 3.63) is 40.8 Å². The van der Waals surface area contributed by atoms with Gasteiger partial charge in [-0.25, -0.2) is 0 Å². The number of carbonyl (C=O) groups is 1. The molecule has 0 saturated carbocycles. The molecule has 120 valence electrons. The molecule has 0 aliphatic heterocycles. The van der Waals surface area contributed by atoms with E-state index < -0.39 is 12.0 Å². The third-order valence-electron chi connectivity index (χ3n) is 3.79. The molecule has 1 atom stereocenters. The van der Waals surface area contributed by atoms with Gasteiger partial charge in [-0.15, -0.1) is 0 Å². The van der Waals surface area contributed by atoms with Crippen molar-refractivity contribution in [2.45, 2.75) is 26.4 Å². The van der Waals surface area contributed by atoms with Crippen molar-refractivity contribution in [2.75, 3.05) is 7.05 Å². The van der Waals surface area contributed by atoms with Crippen LogP contribution in [-0.4, -0.2) is 36.9 Å². The summed E-state index contributed by atoms with van der Waals surface area (Å²) in [7, 11) is 1.77. The second kappa shape index (κ2) is 6.05. The molecular formula is C15H16N4O3S. The standard InChI is InChI=1S/C15H16N4O3S/c1-8-13(9(2)22-16-8)14(15(20)21)19(3)7-10-4-5-11-12(6-10)18-23-17-11/h4-6,14H,7H2,1-3H3,(H,20,21)/t14-/m0/s1. The van der Waals surface area contributed by atoms with E-state index in [1.807, 2.05) is 18.2 Å². The predicted octanol–water partition coefficient (Wildman–Crippen LogP) is 2.55. The minimum Gasteiger partial charge on any atom is -0.480 e. The van der Waals surface area contributed by atoms with Gasteiger partial charge in [0.15, 0.2) is 0 Å². The molecule has 2 heterocycles. The first-order chi connectivity index (χ1) is 11.0. The molecule has 8 heteroatoms. The molecule has 0 unspecified atom stereocenters. The summed E-state index contributed by atoms with van der Waals surface area (Å²) >= 11 is 1.17. The van der Waals surface area contributed by atoms with E-state index in [4.69, 9.17) is 4.52 Å². The van der Waals surface area contributed by atoms with E-state index in [0.29, 0.717) is 23.6 Å². The van der Waals surface area contributed by atoms with Gasteiger partial charge in [0.1, 0.15) is 22.8 Å². The van der Waals surface area contributed by atoms with E-state index in [9.17, 15) is 9.90 Å². The summed E-state index contributed by atoms with van der Waals surface area (Å²) < 4.78 is 13.5. The topological polar surface area (TPSA) is 92.3 Å². The zero-order valence-corrected chi connectivity index (χ0v) is 13.8. The van der Waals surface area contributed by atoms with Gasteiger partial charge in [0.2, 0.25) is 0 Å². The maximum atomic E-state index is 11.8. The molecule has 0 aliphatic rings. The van der Waals surface area contributed by atoms with Gasteiger partial charge in [0.25, 0.3) is 0 Å². The van der Waals surface area contributed by atoms with E-state index in [2.05, 4.69) is 13.9 Å². The van der Waals surface area contributed by atoms with Crippen molar-refractivity contribution in [1.82, 2.24) is 18.8 Å². The van der Waals surface area contributed by atoms with Crippen molar-refractivity contribution in [3.8, 4) is 0 Å². The number of aromatic nitrogens is 3. The van der Waals surface area contributed by atoms with Crippen LogP contribution in [0.5, 0.6) is 0 Å². The molecule has 23 heavy (non-hydrogen) atoms. The summed E-state index contributed by atoms with van der Waals surface area (Å²) in [6.07, 6.45) is 0. The number of hydrogen-bond acceptors (Lipinski definition) is 7. The highest BCUT2D eigenvalue weighted by molar-refractivity contribution is 7.00. The molecule has 0 amide bonds. The van der Waals surface area contributed by atoms with Crippen molar-refractivity contribution < 1.29 is 14.4 Å². The summed E-state index contributed by atoms with van der Waals surface area (Å²) in [5.41, 5.74) is 3.86. The average Bonchev–Trinajstić information content (AvgIpc) is 3.08. The van der Waals surface area contributed by atoms with Crippen LogP contribution >= 0.6 is 11.7 Å². The fraction of sp³-hybridized carbons (Fsp3) is 0.333. The third-order valence-corrected chi connectivity index (χ3v) is 4.34. The van der Waals surface area contributed by atoms with Gasteiger partial charge in [-0.3, -0.25) is 9.69 Å². The number of benzene rings is 1. The fourth-order valence-electron chi connectivity index (χ4n) is 2.72. The fourth-order valence-corrected chi connectivity index (χ4v) is 3.24. The maximum Gasteiger partial charge on any atom is 0.325 e. The van der Waals surface area contributed by atoms with Gasteiger partial charge >= 0.3 is 5.97 Å². The minimum absolute atomic E-state index is 0.467. The normalized spacial score (nSPS) is 12.9. The predicted molar refractivity (Wildman–Crippen MR) is 85.2 cm³/mol. The van der Waals surface area contributed by atoms with Crippen LogP contribution in [0.25, 0.3) is 11.0 Å². The van der Waals surface area contributed by atoms with Crippen LogP contribution in [0.2, 0.25) is 0 Å². The van der Waals surface area contributed by atoms with Crippen molar-refractivity contribution in [2.24, 2.45) is 0 Å². The Kier molecular flexibility index (Phi) is 4.10. The van der Waals surface area contributed by atoms with Gasteiger partial charge in [-0.1, -0.05) is 11.2 Å². The Labute approximate surface area is 136 Å². The quantitative estimate of drug-likeness (QED) is 0.767. The Bertz CT molecular complexity index is 838. The molecule has 3 aromatic rings. The van der Waals surface area contributed by atoms with Gasteiger partial charge in [0, 0.05) is 12.1 Å². The number of nitrogens with zero attached hydrogens (tertiary/aromatic N) is 4. The highest BCUT2D eigenvalue weighted by Crippen LogP contribution is 2.28. The Morgan fingerprint density at radius 2 is 2.09 bits per heavy atom. The van der Waals surface area contributed by atoms with E-state index in [0.717, 1.165) is 16.6 Å². The molecule has 0 spiro atoms. The number of carboxylic acids is 1. The number of hydrogen-bond donors (Lipinski definition) is 1. The molecule has 0 bridgehead atoms. The lowest BCUT2D eigenvalue weighted by molar-refractivity contribution is -0.143. The van der Waals surface area contributed by atoms with Crippen molar-refractivity contribution in [1.29, 1.82) is 0 Å². The van der Waals surface area contributed by atoms with Crippen LogP contribution in [0.4, 0.5) is 0 Å². The first kappa shape index (κ1) is 15.6. The zero-order chi connectivity index (χ0) is 16.6. The van der Waals surface area contributed by atoms with Crippen LogP contribution in [0.3, 0.4) is 0 Å². The smallest absolute Gasteiger partial charge is 0.325 e. The monoisotopic (exact) mass is 332 g/mol. The lowest BCUT2D eigenvalue weighted by Crippen LogP contribution is -2.31. The van der Waals surface area contributed by atoms with Gasteiger partial charge in [-0.2, -0.15) is 8.75 Å². The lowest BCUT2D eigenvalue weighted by atomic mass is 10.0. The SMILES string of the molecule is Cc1noc(C)c1[C@@H](C(=O)O)N(C)Cc1ccc2nsnc2c1. The Morgan fingerprint density at radius 1 is 1.35 bits per heavy atom.